The number of nitrogens with one attached hydrogen (secondary N) is 1. The molecule has 3 aromatic rings. The van der Waals surface area contributed by atoms with E-state index in [1.165, 1.54) is 18.2 Å². The van der Waals surface area contributed by atoms with Gasteiger partial charge in [0.2, 0.25) is 0 Å². The number of aromatic carboxylic acids is 1. The number of hydrogen-bond acceptors (Lipinski definition) is 5. The molecule has 0 spiro atoms. The Morgan fingerprint density at radius 2 is 1.89 bits per heavy atom. The summed E-state index contributed by atoms with van der Waals surface area (Å²) in [6.07, 6.45) is 3.64. The van der Waals surface area contributed by atoms with Crippen LogP contribution in [-0.4, -0.2) is 23.6 Å². The smallest absolute Gasteiger partial charge is 0.335 e. The molecule has 37 heavy (non-hydrogen) atoms. The molecule has 3 rings (SSSR count). The summed E-state index contributed by atoms with van der Waals surface area (Å²) >= 11 is 5.98. The van der Waals surface area contributed by atoms with Crippen LogP contribution in [-0.2, 0) is 17.8 Å². The second-order valence-electron chi connectivity index (χ2n) is 7.86. The highest BCUT2D eigenvalue weighted by Gasteiger charge is 2.16. The van der Waals surface area contributed by atoms with Gasteiger partial charge in [-0.25, -0.2) is 4.79 Å². The lowest BCUT2D eigenvalue weighted by atomic mass is 10.0. The molecule has 0 aliphatic heterocycles. The van der Waals surface area contributed by atoms with Crippen LogP contribution in [0.25, 0.3) is 6.08 Å². The molecule has 3 aromatic carbocycles. The minimum atomic E-state index is -0.999. The lowest BCUT2D eigenvalue weighted by Gasteiger charge is -2.17. The largest absolute Gasteiger partial charge is 0.490 e. The summed E-state index contributed by atoms with van der Waals surface area (Å²) in [6.45, 7) is 6.20. The van der Waals surface area contributed by atoms with Crippen molar-refractivity contribution in [3.05, 3.63) is 106 Å². The number of nitriles is 1. The summed E-state index contributed by atoms with van der Waals surface area (Å²) < 4.78 is 11.9. The number of carbonyl (C=O) groups excluding carboxylic acids is 1. The number of carboxylic acid groups (broad SMARTS) is 1. The van der Waals surface area contributed by atoms with E-state index in [2.05, 4.69) is 11.9 Å². The zero-order valence-electron chi connectivity index (χ0n) is 20.2. The molecule has 0 fully saturated rings. The van der Waals surface area contributed by atoms with E-state index in [1.807, 2.05) is 13.0 Å². The van der Waals surface area contributed by atoms with Gasteiger partial charge in [-0.1, -0.05) is 35.9 Å². The summed E-state index contributed by atoms with van der Waals surface area (Å²) in [5.74, 6) is -0.620. The van der Waals surface area contributed by atoms with E-state index in [9.17, 15) is 14.9 Å². The van der Waals surface area contributed by atoms with E-state index >= 15 is 0 Å². The van der Waals surface area contributed by atoms with Crippen molar-refractivity contribution in [2.45, 2.75) is 20.0 Å². The number of anilines is 1. The molecular weight excluding hydrogens is 492 g/mol. The van der Waals surface area contributed by atoms with Gasteiger partial charge in [0, 0.05) is 16.3 Å². The van der Waals surface area contributed by atoms with Gasteiger partial charge in [0.15, 0.2) is 11.5 Å². The quantitative estimate of drug-likeness (QED) is 0.176. The van der Waals surface area contributed by atoms with E-state index in [1.54, 1.807) is 54.6 Å². The van der Waals surface area contributed by atoms with E-state index in [4.69, 9.17) is 26.2 Å². The first-order valence-corrected chi connectivity index (χ1v) is 11.8. The molecule has 0 aliphatic carbocycles. The van der Waals surface area contributed by atoms with Crippen LogP contribution in [0.5, 0.6) is 11.5 Å². The Kier molecular flexibility index (Phi) is 9.48. The van der Waals surface area contributed by atoms with Gasteiger partial charge in [-0.2, -0.15) is 5.26 Å². The first kappa shape index (κ1) is 27.1. The molecule has 7 nitrogen and oxygen atoms in total. The Morgan fingerprint density at radius 1 is 1.14 bits per heavy atom. The maximum Gasteiger partial charge on any atom is 0.335 e. The first-order valence-electron chi connectivity index (χ1n) is 11.4. The third kappa shape index (κ3) is 7.47. The van der Waals surface area contributed by atoms with Crippen LogP contribution in [0.4, 0.5) is 5.69 Å². The molecule has 0 radical (unpaired) electrons. The zero-order valence-corrected chi connectivity index (χ0v) is 20.9. The zero-order chi connectivity index (χ0) is 26.8. The number of halogens is 1. The van der Waals surface area contributed by atoms with Crippen LogP contribution in [0.1, 0.15) is 34.0 Å². The average Bonchev–Trinajstić information content (AvgIpc) is 2.87. The van der Waals surface area contributed by atoms with E-state index in [0.717, 1.165) is 11.1 Å². The highest BCUT2D eigenvalue weighted by molar-refractivity contribution is 6.31. The van der Waals surface area contributed by atoms with Gasteiger partial charge in [-0.05, 0) is 73.0 Å². The molecule has 0 aromatic heterocycles. The van der Waals surface area contributed by atoms with Gasteiger partial charge in [-0.15, -0.1) is 6.58 Å². The number of hydrogen-bond donors (Lipinski definition) is 2. The van der Waals surface area contributed by atoms with Crippen LogP contribution in [0.3, 0.4) is 0 Å². The molecule has 188 valence electrons. The summed E-state index contributed by atoms with van der Waals surface area (Å²) in [5, 5.41) is 21.9. The highest BCUT2D eigenvalue weighted by Crippen LogP contribution is 2.35. The molecule has 0 unspecified atom stereocenters. The maximum absolute atomic E-state index is 12.7. The normalized spacial score (nSPS) is 10.8. The number of carboxylic acids is 1. The fourth-order valence-corrected chi connectivity index (χ4v) is 3.67. The number of ether oxygens (including phenoxy) is 2. The van der Waals surface area contributed by atoms with Crippen LogP contribution in [0.2, 0.25) is 5.02 Å². The first-order chi connectivity index (χ1) is 17.8. The highest BCUT2D eigenvalue weighted by atomic mass is 35.5. The maximum atomic E-state index is 12.7. The van der Waals surface area contributed by atoms with Crippen LogP contribution >= 0.6 is 11.6 Å². The standard InChI is InChI=1S/C29H25ClN2O5/c1-3-6-22-13-20(14-23(17-31)28(33)32-25-8-5-7-24(30)16-25)15-26(36-4-2)27(22)37-18-19-9-11-21(12-10-19)29(34)35/h3,5,7-16H,1,4,6,18H2,2H3,(H,32,33)(H,34,35)/b23-14+. The van der Waals surface area contributed by atoms with Crippen molar-refractivity contribution in [2.24, 2.45) is 0 Å². The topological polar surface area (TPSA) is 109 Å². The molecule has 0 saturated heterocycles. The van der Waals surface area contributed by atoms with Crippen LogP contribution < -0.4 is 14.8 Å². The van der Waals surface area contributed by atoms with Gasteiger partial charge in [-0.3, -0.25) is 4.79 Å². The van der Waals surface area contributed by atoms with Crippen molar-refractivity contribution in [3.63, 3.8) is 0 Å². The Hall–Kier alpha value is -4.54. The van der Waals surface area contributed by atoms with Crippen molar-refractivity contribution < 1.29 is 24.2 Å². The molecule has 1 amide bonds. The Balaban J connectivity index is 1.91. The SMILES string of the molecule is C=CCc1cc(/C=C(\C#N)C(=O)Nc2cccc(Cl)c2)cc(OCC)c1OCc1ccc(C(=O)O)cc1. The Labute approximate surface area is 220 Å². The molecular formula is C29H25ClN2O5. The molecule has 0 heterocycles. The van der Waals surface area contributed by atoms with Crippen molar-refractivity contribution in [1.29, 1.82) is 5.26 Å². The second-order valence-corrected chi connectivity index (χ2v) is 8.29. The van der Waals surface area contributed by atoms with E-state index in [0.29, 0.717) is 40.8 Å². The summed E-state index contributed by atoms with van der Waals surface area (Å²) in [7, 11) is 0. The molecule has 0 bridgehead atoms. The van der Waals surface area contributed by atoms with Gasteiger partial charge < -0.3 is 19.9 Å². The Morgan fingerprint density at radius 3 is 2.51 bits per heavy atom. The third-order valence-electron chi connectivity index (χ3n) is 5.16. The molecule has 2 N–H and O–H groups in total. The minimum absolute atomic E-state index is 0.0980. The number of nitrogens with zero attached hydrogens (tertiary/aromatic N) is 1. The third-order valence-corrected chi connectivity index (χ3v) is 5.40. The van der Waals surface area contributed by atoms with E-state index < -0.39 is 11.9 Å². The fourth-order valence-electron chi connectivity index (χ4n) is 3.48. The number of rotatable bonds is 11. The number of allylic oxidation sites excluding steroid dienone is 1. The van der Waals surface area contributed by atoms with Crippen molar-refractivity contribution in [3.8, 4) is 17.6 Å². The van der Waals surface area contributed by atoms with Gasteiger partial charge >= 0.3 is 5.97 Å². The predicted octanol–water partition coefficient (Wildman–Crippen LogP) is 6.29. The van der Waals surface area contributed by atoms with E-state index in [-0.39, 0.29) is 17.7 Å². The Bertz CT molecular complexity index is 1370. The summed E-state index contributed by atoms with van der Waals surface area (Å²) in [5.41, 5.74) is 2.68. The molecule has 0 saturated carbocycles. The lowest BCUT2D eigenvalue weighted by Crippen LogP contribution is -2.13. The van der Waals surface area contributed by atoms with Gasteiger partial charge in [0.25, 0.3) is 5.91 Å². The monoisotopic (exact) mass is 516 g/mol. The minimum Gasteiger partial charge on any atom is -0.490 e. The molecule has 8 heteroatoms. The van der Waals surface area contributed by atoms with Crippen LogP contribution in [0.15, 0.2) is 78.9 Å². The van der Waals surface area contributed by atoms with Crippen molar-refractivity contribution >= 4 is 35.2 Å². The predicted molar refractivity (Wildman–Crippen MR) is 143 cm³/mol. The summed E-state index contributed by atoms with van der Waals surface area (Å²) in [4.78, 5) is 23.8. The van der Waals surface area contributed by atoms with Gasteiger partial charge in [0.1, 0.15) is 18.2 Å². The molecule has 0 aliphatic rings. The van der Waals surface area contributed by atoms with Gasteiger partial charge in [0.05, 0.1) is 12.2 Å². The second kappa shape index (κ2) is 13.0. The number of carbonyl (C=O) groups is 2. The average molecular weight is 517 g/mol. The number of benzene rings is 3. The number of amides is 1. The molecule has 0 atom stereocenters. The lowest BCUT2D eigenvalue weighted by molar-refractivity contribution is -0.112. The fraction of sp³-hybridized carbons (Fsp3) is 0.138. The van der Waals surface area contributed by atoms with Crippen molar-refractivity contribution in [1.82, 2.24) is 0 Å². The van der Waals surface area contributed by atoms with Crippen LogP contribution in [0, 0.1) is 11.3 Å². The summed E-state index contributed by atoms with van der Waals surface area (Å²) in [6, 6.07) is 18.5. The van der Waals surface area contributed by atoms with Crippen molar-refractivity contribution in [2.75, 3.05) is 11.9 Å².